The second-order valence-electron chi connectivity index (χ2n) is 9.78. The number of hydrogen-bond acceptors (Lipinski definition) is 6. The fourth-order valence-electron chi connectivity index (χ4n) is 4.48. The zero-order valence-corrected chi connectivity index (χ0v) is 22.8. The molecule has 1 atom stereocenters. The number of rotatable bonds is 8. The van der Waals surface area contributed by atoms with E-state index < -0.39 is 17.7 Å². The van der Waals surface area contributed by atoms with E-state index in [1.54, 1.807) is 42.5 Å². The van der Waals surface area contributed by atoms with Crippen LogP contribution in [0, 0.1) is 12.8 Å². The lowest BCUT2D eigenvalue weighted by Crippen LogP contribution is -2.29. The van der Waals surface area contributed by atoms with E-state index >= 15 is 0 Å². The van der Waals surface area contributed by atoms with Crippen molar-refractivity contribution >= 4 is 34.5 Å². The summed E-state index contributed by atoms with van der Waals surface area (Å²) in [5.41, 5.74) is 1.87. The largest absolute Gasteiger partial charge is 0.507 e. The molecule has 1 saturated heterocycles. The molecule has 6 nitrogen and oxygen atoms in total. The Morgan fingerprint density at radius 1 is 0.949 bits per heavy atom. The average Bonchev–Trinajstić information content (AvgIpc) is 3.55. The molecule has 1 N–H and O–H groups in total. The number of hydrogen-bond donors (Lipinski definition) is 1. The lowest BCUT2D eigenvalue weighted by Gasteiger charge is -2.24. The molecule has 7 heteroatoms. The third-order valence-corrected chi connectivity index (χ3v) is 7.30. The SMILES string of the molecule is Cc1cc(/C(O)=C2/C(=O)C(=O)N(c3ccc(Oc4ccccc4)cc3)C2c2cccs2)ccc1OCC(C)C. The van der Waals surface area contributed by atoms with Gasteiger partial charge < -0.3 is 14.6 Å². The molecule has 3 aromatic carbocycles. The summed E-state index contributed by atoms with van der Waals surface area (Å²) in [7, 11) is 0. The van der Waals surface area contributed by atoms with Crippen molar-refractivity contribution in [3.05, 3.63) is 112 Å². The van der Waals surface area contributed by atoms with Crippen LogP contribution in [0.1, 0.15) is 35.9 Å². The molecule has 2 heterocycles. The number of ether oxygens (including phenoxy) is 2. The summed E-state index contributed by atoms with van der Waals surface area (Å²) in [5.74, 6) is 0.751. The monoisotopic (exact) mass is 539 g/mol. The van der Waals surface area contributed by atoms with E-state index in [0.717, 1.165) is 10.4 Å². The second kappa shape index (κ2) is 11.2. The quantitative estimate of drug-likeness (QED) is 0.142. The summed E-state index contributed by atoms with van der Waals surface area (Å²) in [4.78, 5) is 29.0. The minimum atomic E-state index is -0.761. The van der Waals surface area contributed by atoms with Gasteiger partial charge in [-0.3, -0.25) is 14.5 Å². The fraction of sp³-hybridized carbons (Fsp3) is 0.188. The van der Waals surface area contributed by atoms with Gasteiger partial charge >= 0.3 is 0 Å². The third kappa shape index (κ3) is 5.45. The van der Waals surface area contributed by atoms with Crippen molar-refractivity contribution in [3.63, 3.8) is 0 Å². The first-order valence-corrected chi connectivity index (χ1v) is 13.6. The first kappa shape index (κ1) is 26.3. The number of thiophene rings is 1. The van der Waals surface area contributed by atoms with Gasteiger partial charge in [0.05, 0.1) is 12.2 Å². The first-order valence-electron chi connectivity index (χ1n) is 12.7. The van der Waals surface area contributed by atoms with Gasteiger partial charge in [0.15, 0.2) is 0 Å². The molecule has 1 aliphatic rings. The lowest BCUT2D eigenvalue weighted by atomic mass is 9.98. The van der Waals surface area contributed by atoms with E-state index in [1.165, 1.54) is 16.2 Å². The number of aliphatic hydroxyl groups is 1. The second-order valence-corrected chi connectivity index (χ2v) is 10.8. The van der Waals surface area contributed by atoms with Gasteiger partial charge in [-0.15, -0.1) is 11.3 Å². The van der Waals surface area contributed by atoms with Crippen LogP contribution in [0.3, 0.4) is 0 Å². The Bertz CT molecular complexity index is 1510. The van der Waals surface area contributed by atoms with Crippen molar-refractivity contribution in [1.29, 1.82) is 0 Å². The van der Waals surface area contributed by atoms with Crippen LogP contribution in [0.2, 0.25) is 0 Å². The van der Waals surface area contributed by atoms with Crippen LogP contribution in [0.5, 0.6) is 17.2 Å². The number of aryl methyl sites for hydroxylation is 1. The fourth-order valence-corrected chi connectivity index (χ4v) is 5.31. The Balaban J connectivity index is 1.51. The molecule has 0 radical (unpaired) electrons. The lowest BCUT2D eigenvalue weighted by molar-refractivity contribution is -0.132. The number of nitrogens with zero attached hydrogens (tertiary/aromatic N) is 1. The van der Waals surface area contributed by atoms with E-state index in [9.17, 15) is 14.7 Å². The topological polar surface area (TPSA) is 76.1 Å². The number of anilines is 1. The molecule has 0 aliphatic carbocycles. The maximum atomic E-state index is 13.4. The van der Waals surface area contributed by atoms with Gasteiger partial charge in [0, 0.05) is 16.1 Å². The van der Waals surface area contributed by atoms with E-state index in [0.29, 0.717) is 41.0 Å². The molecule has 1 aliphatic heterocycles. The zero-order valence-electron chi connectivity index (χ0n) is 22.0. The molecule has 4 aromatic rings. The standard InChI is InChI=1S/C32H29NO5S/c1-20(2)19-37-26-16-11-22(18-21(26)3)30(34)28-29(27-10-7-17-39-27)33(32(36)31(28)35)23-12-14-25(15-13-23)38-24-8-5-4-6-9-24/h4-18,20,29,34H,19H2,1-3H3/b30-28-. The molecule has 1 fully saturated rings. The van der Waals surface area contributed by atoms with Gasteiger partial charge in [-0.2, -0.15) is 0 Å². The van der Waals surface area contributed by atoms with Gasteiger partial charge in [-0.25, -0.2) is 0 Å². The predicted molar refractivity (Wildman–Crippen MR) is 154 cm³/mol. The molecular weight excluding hydrogens is 510 g/mol. The number of para-hydroxylation sites is 1. The summed E-state index contributed by atoms with van der Waals surface area (Å²) >= 11 is 1.42. The van der Waals surface area contributed by atoms with E-state index in [4.69, 9.17) is 9.47 Å². The van der Waals surface area contributed by atoms with Crippen molar-refractivity contribution in [3.8, 4) is 17.2 Å². The first-order chi connectivity index (χ1) is 18.8. The van der Waals surface area contributed by atoms with Crippen LogP contribution in [-0.2, 0) is 9.59 Å². The number of carbonyl (C=O) groups is 2. The molecule has 198 valence electrons. The van der Waals surface area contributed by atoms with Gasteiger partial charge in [0.25, 0.3) is 11.7 Å². The van der Waals surface area contributed by atoms with Crippen LogP contribution in [0.25, 0.3) is 5.76 Å². The summed E-state index contributed by atoms with van der Waals surface area (Å²) in [6, 6.07) is 24.6. The van der Waals surface area contributed by atoms with Crippen molar-refractivity contribution in [2.24, 2.45) is 5.92 Å². The molecule has 0 saturated carbocycles. The smallest absolute Gasteiger partial charge is 0.300 e. The molecular formula is C32H29NO5S. The molecule has 5 rings (SSSR count). The summed E-state index contributed by atoms with van der Waals surface area (Å²) in [6.07, 6.45) is 0. The molecule has 1 aromatic heterocycles. The van der Waals surface area contributed by atoms with Crippen molar-refractivity contribution in [1.82, 2.24) is 0 Å². The maximum absolute atomic E-state index is 13.4. The van der Waals surface area contributed by atoms with E-state index in [-0.39, 0.29) is 11.3 Å². The van der Waals surface area contributed by atoms with Crippen LogP contribution in [-0.4, -0.2) is 23.4 Å². The summed E-state index contributed by atoms with van der Waals surface area (Å²) in [5, 5.41) is 13.3. The highest BCUT2D eigenvalue weighted by Crippen LogP contribution is 2.44. The highest BCUT2D eigenvalue weighted by atomic mass is 32.1. The predicted octanol–water partition coefficient (Wildman–Crippen LogP) is 7.51. The normalized spacial score (nSPS) is 16.6. The maximum Gasteiger partial charge on any atom is 0.300 e. The number of ketones is 1. The number of benzene rings is 3. The van der Waals surface area contributed by atoms with E-state index in [2.05, 4.69) is 13.8 Å². The Morgan fingerprint density at radius 3 is 2.31 bits per heavy atom. The van der Waals surface area contributed by atoms with Crippen LogP contribution < -0.4 is 14.4 Å². The molecule has 0 spiro atoms. The Kier molecular flexibility index (Phi) is 7.52. The minimum Gasteiger partial charge on any atom is -0.507 e. The van der Waals surface area contributed by atoms with Gasteiger partial charge in [-0.05, 0) is 84.4 Å². The van der Waals surface area contributed by atoms with Gasteiger partial charge in [0.1, 0.15) is 29.0 Å². The minimum absolute atomic E-state index is 0.0577. The third-order valence-electron chi connectivity index (χ3n) is 6.37. The van der Waals surface area contributed by atoms with Gasteiger partial charge in [0.2, 0.25) is 0 Å². The van der Waals surface area contributed by atoms with Crippen LogP contribution in [0.15, 0.2) is 95.9 Å². The Morgan fingerprint density at radius 2 is 1.67 bits per heavy atom. The Labute approximate surface area is 231 Å². The van der Waals surface area contributed by atoms with Crippen molar-refractivity contribution in [2.75, 3.05) is 11.5 Å². The number of amides is 1. The molecule has 39 heavy (non-hydrogen) atoms. The zero-order chi connectivity index (χ0) is 27.5. The molecule has 1 amide bonds. The van der Waals surface area contributed by atoms with Gasteiger partial charge in [-0.1, -0.05) is 38.1 Å². The summed E-state index contributed by atoms with van der Waals surface area (Å²) in [6.45, 7) is 6.61. The number of Topliss-reactive ketones (excluding diaryl/α,β-unsaturated/α-hetero) is 1. The number of aliphatic hydroxyl groups excluding tert-OH is 1. The van der Waals surface area contributed by atoms with E-state index in [1.807, 2.05) is 54.8 Å². The highest BCUT2D eigenvalue weighted by molar-refractivity contribution is 7.10. The molecule has 1 unspecified atom stereocenters. The average molecular weight is 540 g/mol. The van der Waals surface area contributed by atoms with Crippen LogP contribution >= 0.6 is 11.3 Å². The Hall–Kier alpha value is -4.36. The van der Waals surface area contributed by atoms with Crippen molar-refractivity contribution in [2.45, 2.75) is 26.8 Å². The highest BCUT2D eigenvalue weighted by Gasteiger charge is 2.47. The molecule has 0 bridgehead atoms. The summed E-state index contributed by atoms with van der Waals surface area (Å²) < 4.78 is 11.7. The van der Waals surface area contributed by atoms with Crippen molar-refractivity contribution < 1.29 is 24.2 Å². The van der Waals surface area contributed by atoms with Crippen LogP contribution in [0.4, 0.5) is 5.69 Å². The number of carbonyl (C=O) groups excluding carboxylic acids is 2.